The molecule has 1 unspecified atom stereocenters. The topological polar surface area (TPSA) is 20.2 Å². The Balaban J connectivity index is 2.72. The fourth-order valence-electron chi connectivity index (χ4n) is 1.06. The SMILES string of the molecule is CCC(C)(O)C1=CCC=C1. The van der Waals surface area contributed by atoms with Gasteiger partial charge in [0.1, 0.15) is 0 Å². The molecule has 10 heavy (non-hydrogen) atoms. The highest BCUT2D eigenvalue weighted by Gasteiger charge is 2.21. The van der Waals surface area contributed by atoms with Gasteiger partial charge in [-0.3, -0.25) is 0 Å². The lowest BCUT2D eigenvalue weighted by Crippen LogP contribution is -2.23. The number of hydrogen-bond donors (Lipinski definition) is 1. The van der Waals surface area contributed by atoms with E-state index in [0.717, 1.165) is 18.4 Å². The third-order valence-electron chi connectivity index (χ3n) is 2.08. The number of hydrogen-bond acceptors (Lipinski definition) is 1. The minimum atomic E-state index is -0.604. The summed E-state index contributed by atoms with van der Waals surface area (Å²) in [5, 5.41) is 9.70. The summed E-state index contributed by atoms with van der Waals surface area (Å²) in [6.45, 7) is 3.85. The van der Waals surface area contributed by atoms with Crippen LogP contribution in [0.2, 0.25) is 0 Å². The second-order valence-electron chi connectivity index (χ2n) is 2.92. The van der Waals surface area contributed by atoms with Gasteiger partial charge in [-0.1, -0.05) is 25.2 Å². The number of allylic oxidation sites excluding steroid dienone is 2. The van der Waals surface area contributed by atoms with E-state index in [0.29, 0.717) is 0 Å². The first kappa shape index (κ1) is 7.55. The summed E-state index contributed by atoms with van der Waals surface area (Å²) in [7, 11) is 0. The molecule has 0 aromatic carbocycles. The molecule has 0 saturated carbocycles. The van der Waals surface area contributed by atoms with Crippen molar-refractivity contribution in [1.82, 2.24) is 0 Å². The second-order valence-corrected chi connectivity index (χ2v) is 2.92. The van der Waals surface area contributed by atoms with Gasteiger partial charge in [-0.25, -0.2) is 0 Å². The molecule has 0 spiro atoms. The van der Waals surface area contributed by atoms with Gasteiger partial charge >= 0.3 is 0 Å². The van der Waals surface area contributed by atoms with Gasteiger partial charge in [-0.15, -0.1) is 0 Å². The van der Waals surface area contributed by atoms with Crippen LogP contribution >= 0.6 is 0 Å². The third kappa shape index (κ3) is 1.29. The van der Waals surface area contributed by atoms with Crippen molar-refractivity contribution in [2.45, 2.75) is 32.3 Å². The van der Waals surface area contributed by atoms with Gasteiger partial charge in [0, 0.05) is 0 Å². The first-order valence-electron chi connectivity index (χ1n) is 3.76. The molecule has 0 radical (unpaired) electrons. The Morgan fingerprint density at radius 1 is 1.70 bits per heavy atom. The maximum absolute atomic E-state index is 9.70. The van der Waals surface area contributed by atoms with Gasteiger partial charge in [0.15, 0.2) is 0 Å². The lowest BCUT2D eigenvalue weighted by molar-refractivity contribution is 0.0985. The van der Waals surface area contributed by atoms with E-state index in [2.05, 4.69) is 12.2 Å². The van der Waals surface area contributed by atoms with Crippen LogP contribution in [0.3, 0.4) is 0 Å². The van der Waals surface area contributed by atoms with Crippen LogP contribution in [0.25, 0.3) is 0 Å². The highest BCUT2D eigenvalue weighted by atomic mass is 16.3. The Hall–Kier alpha value is -0.560. The Morgan fingerprint density at radius 2 is 2.40 bits per heavy atom. The zero-order valence-corrected chi connectivity index (χ0v) is 6.59. The van der Waals surface area contributed by atoms with Crippen LogP contribution in [-0.2, 0) is 0 Å². The summed E-state index contributed by atoms with van der Waals surface area (Å²) in [4.78, 5) is 0. The van der Waals surface area contributed by atoms with Crippen molar-refractivity contribution in [3.05, 3.63) is 23.8 Å². The molecule has 0 heterocycles. The molecule has 0 amide bonds. The normalized spacial score (nSPS) is 22.5. The Labute approximate surface area is 62.1 Å². The minimum Gasteiger partial charge on any atom is -0.385 e. The quantitative estimate of drug-likeness (QED) is 0.619. The summed E-state index contributed by atoms with van der Waals surface area (Å²) in [6, 6.07) is 0. The largest absolute Gasteiger partial charge is 0.385 e. The van der Waals surface area contributed by atoms with Gasteiger partial charge in [0.2, 0.25) is 0 Å². The van der Waals surface area contributed by atoms with Crippen LogP contribution in [0.4, 0.5) is 0 Å². The van der Waals surface area contributed by atoms with Gasteiger partial charge in [-0.05, 0) is 25.3 Å². The van der Waals surface area contributed by atoms with E-state index < -0.39 is 5.60 Å². The van der Waals surface area contributed by atoms with Crippen LogP contribution in [-0.4, -0.2) is 10.7 Å². The van der Waals surface area contributed by atoms with E-state index in [1.807, 2.05) is 19.9 Å². The maximum atomic E-state index is 9.70. The summed E-state index contributed by atoms with van der Waals surface area (Å²) in [6.07, 6.45) is 7.90. The fourth-order valence-corrected chi connectivity index (χ4v) is 1.06. The minimum absolute atomic E-state index is 0.604. The summed E-state index contributed by atoms with van der Waals surface area (Å²) >= 11 is 0. The molecule has 1 rings (SSSR count). The molecular formula is C9H14O. The first-order valence-corrected chi connectivity index (χ1v) is 3.76. The van der Waals surface area contributed by atoms with Crippen molar-refractivity contribution < 1.29 is 5.11 Å². The van der Waals surface area contributed by atoms with Gasteiger partial charge in [0.05, 0.1) is 5.60 Å². The van der Waals surface area contributed by atoms with Crippen molar-refractivity contribution in [2.75, 3.05) is 0 Å². The lowest BCUT2D eigenvalue weighted by atomic mass is 9.94. The van der Waals surface area contributed by atoms with E-state index in [1.165, 1.54) is 0 Å². The fraction of sp³-hybridized carbons (Fsp3) is 0.556. The van der Waals surface area contributed by atoms with Gasteiger partial charge in [-0.2, -0.15) is 0 Å². The molecule has 0 fully saturated rings. The van der Waals surface area contributed by atoms with Crippen LogP contribution < -0.4 is 0 Å². The van der Waals surface area contributed by atoms with Crippen molar-refractivity contribution >= 4 is 0 Å². The molecule has 0 aliphatic heterocycles. The highest BCUT2D eigenvalue weighted by Crippen LogP contribution is 2.25. The Kier molecular flexibility index (Phi) is 1.95. The van der Waals surface area contributed by atoms with E-state index in [1.54, 1.807) is 0 Å². The second kappa shape index (κ2) is 2.59. The van der Waals surface area contributed by atoms with Gasteiger partial charge in [0.25, 0.3) is 0 Å². The standard InChI is InChI=1S/C9H14O/c1-3-9(2,10)8-6-4-5-7-8/h4,6-7,10H,3,5H2,1-2H3. The maximum Gasteiger partial charge on any atom is 0.0862 e. The molecule has 56 valence electrons. The molecule has 1 nitrogen and oxygen atoms in total. The molecule has 1 aliphatic rings. The predicted octanol–water partition coefficient (Wildman–Crippen LogP) is 2.03. The Bertz CT molecular complexity index is 175. The smallest absolute Gasteiger partial charge is 0.0862 e. The van der Waals surface area contributed by atoms with E-state index in [4.69, 9.17) is 0 Å². The van der Waals surface area contributed by atoms with Crippen molar-refractivity contribution in [2.24, 2.45) is 0 Å². The van der Waals surface area contributed by atoms with E-state index in [9.17, 15) is 5.11 Å². The molecule has 1 aliphatic carbocycles. The van der Waals surface area contributed by atoms with Crippen LogP contribution in [0.15, 0.2) is 23.8 Å². The third-order valence-corrected chi connectivity index (χ3v) is 2.08. The average Bonchev–Trinajstić information content (AvgIpc) is 2.38. The monoisotopic (exact) mass is 138 g/mol. The molecular weight excluding hydrogens is 124 g/mol. The highest BCUT2D eigenvalue weighted by molar-refractivity contribution is 5.33. The van der Waals surface area contributed by atoms with Crippen molar-refractivity contribution in [3.63, 3.8) is 0 Å². The van der Waals surface area contributed by atoms with Crippen LogP contribution in [0, 0.1) is 0 Å². The Morgan fingerprint density at radius 3 is 2.80 bits per heavy atom. The van der Waals surface area contributed by atoms with Crippen molar-refractivity contribution in [3.8, 4) is 0 Å². The number of aliphatic hydroxyl groups is 1. The molecule has 1 heteroatoms. The predicted molar refractivity (Wildman–Crippen MR) is 42.8 cm³/mol. The number of rotatable bonds is 2. The van der Waals surface area contributed by atoms with Crippen molar-refractivity contribution in [1.29, 1.82) is 0 Å². The zero-order chi connectivity index (χ0) is 7.61. The summed E-state index contributed by atoms with van der Waals surface area (Å²) in [5.74, 6) is 0. The molecule has 0 bridgehead atoms. The van der Waals surface area contributed by atoms with Gasteiger partial charge < -0.3 is 5.11 Å². The van der Waals surface area contributed by atoms with E-state index >= 15 is 0 Å². The molecule has 0 aromatic rings. The molecule has 1 atom stereocenters. The average molecular weight is 138 g/mol. The zero-order valence-electron chi connectivity index (χ0n) is 6.59. The summed E-state index contributed by atoms with van der Waals surface area (Å²) in [5.41, 5.74) is 0.461. The summed E-state index contributed by atoms with van der Waals surface area (Å²) < 4.78 is 0. The van der Waals surface area contributed by atoms with E-state index in [-0.39, 0.29) is 0 Å². The molecule has 1 N–H and O–H groups in total. The molecule has 0 aromatic heterocycles. The molecule has 0 saturated heterocycles. The van der Waals surface area contributed by atoms with Crippen LogP contribution in [0.1, 0.15) is 26.7 Å². The van der Waals surface area contributed by atoms with Crippen LogP contribution in [0.5, 0.6) is 0 Å². The lowest BCUT2D eigenvalue weighted by Gasteiger charge is -2.21. The first-order chi connectivity index (χ1) is 4.67.